The summed E-state index contributed by atoms with van der Waals surface area (Å²) >= 11 is 0. The summed E-state index contributed by atoms with van der Waals surface area (Å²) < 4.78 is 14.7. The highest BCUT2D eigenvalue weighted by atomic mass is 19.1. The van der Waals surface area contributed by atoms with Gasteiger partial charge in [-0.3, -0.25) is 14.6 Å². The molecule has 0 aliphatic carbocycles. The van der Waals surface area contributed by atoms with Crippen LogP contribution >= 0.6 is 0 Å². The predicted octanol–water partition coefficient (Wildman–Crippen LogP) is 4.08. The molecular weight excluding hydrogens is 419 g/mol. The molecule has 0 spiro atoms. The molecule has 0 radical (unpaired) electrons. The Labute approximate surface area is 193 Å². The summed E-state index contributed by atoms with van der Waals surface area (Å²) in [5.74, 6) is 0.565. The lowest BCUT2D eigenvalue weighted by Gasteiger charge is -2.34. The largest absolute Gasteiger partial charge is 0.353 e. The molecule has 7 heteroatoms. The SMILES string of the molecule is CC(=O)N1CCN(c2ccc(C(=O)CCc3ccc(-c4ccnc(C)c4)c(F)c3)cn2)CC1. The zero-order valence-electron chi connectivity index (χ0n) is 18.9. The van der Waals surface area contributed by atoms with Gasteiger partial charge in [-0.15, -0.1) is 0 Å². The van der Waals surface area contributed by atoms with Crippen LogP contribution in [0.3, 0.4) is 0 Å². The quantitative estimate of drug-likeness (QED) is 0.534. The van der Waals surface area contributed by atoms with Crippen LogP contribution in [0.1, 0.15) is 35.0 Å². The number of halogens is 1. The van der Waals surface area contributed by atoms with E-state index in [1.165, 1.54) is 6.07 Å². The van der Waals surface area contributed by atoms with Gasteiger partial charge in [0.2, 0.25) is 5.91 Å². The van der Waals surface area contributed by atoms with Gasteiger partial charge in [0.25, 0.3) is 0 Å². The van der Waals surface area contributed by atoms with Gasteiger partial charge in [0.15, 0.2) is 5.78 Å². The zero-order chi connectivity index (χ0) is 23.4. The zero-order valence-corrected chi connectivity index (χ0v) is 18.9. The van der Waals surface area contributed by atoms with Crippen LogP contribution in [0.4, 0.5) is 10.2 Å². The number of ketones is 1. The van der Waals surface area contributed by atoms with E-state index in [0.29, 0.717) is 30.6 Å². The molecule has 3 aromatic rings. The first kappa shape index (κ1) is 22.6. The fourth-order valence-corrected chi connectivity index (χ4v) is 4.05. The van der Waals surface area contributed by atoms with E-state index in [0.717, 1.165) is 35.7 Å². The smallest absolute Gasteiger partial charge is 0.219 e. The molecule has 0 bridgehead atoms. The molecule has 4 rings (SSSR count). The highest BCUT2D eigenvalue weighted by molar-refractivity contribution is 5.96. The molecule has 3 heterocycles. The lowest BCUT2D eigenvalue weighted by molar-refractivity contribution is -0.129. The minimum Gasteiger partial charge on any atom is -0.353 e. The molecule has 0 atom stereocenters. The third-order valence-electron chi connectivity index (χ3n) is 6.00. The van der Waals surface area contributed by atoms with E-state index in [2.05, 4.69) is 14.9 Å². The van der Waals surface area contributed by atoms with Gasteiger partial charge in [0.05, 0.1) is 0 Å². The second kappa shape index (κ2) is 9.90. The molecule has 1 aliphatic rings. The maximum atomic E-state index is 14.7. The van der Waals surface area contributed by atoms with E-state index >= 15 is 0 Å². The Balaban J connectivity index is 1.34. The molecule has 1 amide bonds. The summed E-state index contributed by atoms with van der Waals surface area (Å²) in [5, 5.41) is 0. The van der Waals surface area contributed by atoms with Crippen molar-refractivity contribution in [3.05, 3.63) is 77.5 Å². The molecule has 0 saturated carbocycles. The maximum Gasteiger partial charge on any atom is 0.219 e. The minimum atomic E-state index is -0.304. The minimum absolute atomic E-state index is 0.0234. The van der Waals surface area contributed by atoms with Crippen LogP contribution in [0.25, 0.3) is 11.1 Å². The first-order chi connectivity index (χ1) is 15.9. The van der Waals surface area contributed by atoms with Crippen molar-refractivity contribution in [2.75, 3.05) is 31.1 Å². The van der Waals surface area contributed by atoms with Crippen LogP contribution in [0.2, 0.25) is 0 Å². The van der Waals surface area contributed by atoms with E-state index < -0.39 is 0 Å². The molecule has 6 nitrogen and oxygen atoms in total. The molecule has 2 aromatic heterocycles. The number of benzene rings is 1. The third kappa shape index (κ3) is 5.42. The Bertz CT molecular complexity index is 1160. The van der Waals surface area contributed by atoms with Crippen LogP contribution in [0, 0.1) is 12.7 Å². The van der Waals surface area contributed by atoms with E-state index in [1.54, 1.807) is 37.5 Å². The third-order valence-corrected chi connectivity index (χ3v) is 6.00. The van der Waals surface area contributed by atoms with Crippen molar-refractivity contribution in [3.8, 4) is 11.1 Å². The molecule has 1 saturated heterocycles. The maximum absolute atomic E-state index is 14.7. The summed E-state index contributed by atoms with van der Waals surface area (Å²) in [6.45, 7) is 6.25. The van der Waals surface area contributed by atoms with E-state index in [9.17, 15) is 14.0 Å². The van der Waals surface area contributed by atoms with Gasteiger partial charge in [0, 0.05) is 68.7 Å². The Kier molecular flexibility index (Phi) is 6.77. The van der Waals surface area contributed by atoms with Gasteiger partial charge in [0.1, 0.15) is 11.6 Å². The van der Waals surface area contributed by atoms with Crippen LogP contribution in [0.5, 0.6) is 0 Å². The lowest BCUT2D eigenvalue weighted by atomic mass is 9.99. The monoisotopic (exact) mass is 446 g/mol. The average molecular weight is 447 g/mol. The van der Waals surface area contributed by atoms with Gasteiger partial charge >= 0.3 is 0 Å². The molecule has 33 heavy (non-hydrogen) atoms. The first-order valence-corrected chi connectivity index (χ1v) is 11.1. The summed E-state index contributed by atoms with van der Waals surface area (Å²) in [7, 11) is 0. The van der Waals surface area contributed by atoms with Gasteiger partial charge < -0.3 is 9.80 Å². The highest BCUT2D eigenvalue weighted by Crippen LogP contribution is 2.24. The number of nitrogens with zero attached hydrogens (tertiary/aromatic N) is 4. The fourth-order valence-electron chi connectivity index (χ4n) is 4.05. The van der Waals surface area contributed by atoms with Crippen molar-refractivity contribution >= 4 is 17.5 Å². The number of rotatable bonds is 6. The standard InChI is InChI=1S/C26H27FN4O2/c1-18-15-21(9-10-28-18)23-6-3-20(16-24(23)27)4-7-25(33)22-5-8-26(29-17-22)31-13-11-30(12-14-31)19(2)32/h3,5-6,8-10,15-17H,4,7,11-14H2,1-2H3. The predicted molar refractivity (Wildman–Crippen MR) is 126 cm³/mol. The van der Waals surface area contributed by atoms with Gasteiger partial charge in [-0.1, -0.05) is 12.1 Å². The van der Waals surface area contributed by atoms with Crippen LogP contribution in [-0.4, -0.2) is 52.7 Å². The number of hydrogen-bond acceptors (Lipinski definition) is 5. The number of aryl methyl sites for hydroxylation is 2. The van der Waals surface area contributed by atoms with Crippen molar-refractivity contribution in [1.82, 2.24) is 14.9 Å². The Hall–Kier alpha value is -3.61. The van der Waals surface area contributed by atoms with E-state index in [1.807, 2.05) is 30.0 Å². The van der Waals surface area contributed by atoms with Gasteiger partial charge in [-0.2, -0.15) is 0 Å². The summed E-state index contributed by atoms with van der Waals surface area (Å²) in [6, 6.07) is 12.4. The second-order valence-electron chi connectivity index (χ2n) is 8.32. The van der Waals surface area contributed by atoms with Crippen LogP contribution < -0.4 is 4.90 Å². The number of aromatic nitrogens is 2. The van der Waals surface area contributed by atoms with Crippen molar-refractivity contribution in [1.29, 1.82) is 0 Å². The molecule has 1 aromatic carbocycles. The lowest BCUT2D eigenvalue weighted by Crippen LogP contribution is -2.48. The van der Waals surface area contributed by atoms with Crippen LogP contribution in [-0.2, 0) is 11.2 Å². The molecule has 1 fully saturated rings. The molecular formula is C26H27FN4O2. The van der Waals surface area contributed by atoms with Crippen molar-refractivity contribution in [2.45, 2.75) is 26.7 Å². The molecule has 0 unspecified atom stereocenters. The Morgan fingerprint density at radius 1 is 1.00 bits per heavy atom. The number of carbonyl (C=O) groups excluding carboxylic acids is 2. The Morgan fingerprint density at radius 2 is 1.79 bits per heavy atom. The average Bonchev–Trinajstić information content (AvgIpc) is 2.83. The molecule has 0 N–H and O–H groups in total. The van der Waals surface area contributed by atoms with E-state index in [-0.39, 0.29) is 23.9 Å². The normalized spacial score (nSPS) is 13.8. The topological polar surface area (TPSA) is 66.4 Å². The number of Topliss-reactive ketones (excluding diaryl/α,β-unsaturated/α-hetero) is 1. The number of pyridine rings is 2. The second-order valence-corrected chi connectivity index (χ2v) is 8.32. The first-order valence-electron chi connectivity index (χ1n) is 11.1. The van der Waals surface area contributed by atoms with Crippen molar-refractivity contribution in [3.63, 3.8) is 0 Å². The number of hydrogen-bond donors (Lipinski definition) is 0. The molecule has 170 valence electrons. The number of carbonyl (C=O) groups is 2. The Morgan fingerprint density at radius 3 is 2.42 bits per heavy atom. The van der Waals surface area contributed by atoms with Crippen LogP contribution in [0.15, 0.2) is 54.9 Å². The highest BCUT2D eigenvalue weighted by Gasteiger charge is 2.19. The number of amides is 1. The summed E-state index contributed by atoms with van der Waals surface area (Å²) in [5.41, 5.74) is 3.48. The van der Waals surface area contributed by atoms with Crippen molar-refractivity contribution < 1.29 is 14.0 Å². The number of anilines is 1. The summed E-state index contributed by atoms with van der Waals surface area (Å²) in [6.07, 6.45) is 4.01. The van der Waals surface area contributed by atoms with Gasteiger partial charge in [-0.25, -0.2) is 9.37 Å². The van der Waals surface area contributed by atoms with Gasteiger partial charge in [-0.05, 0) is 54.8 Å². The number of piperazine rings is 1. The molecule has 1 aliphatic heterocycles. The summed E-state index contributed by atoms with van der Waals surface area (Å²) in [4.78, 5) is 36.6. The van der Waals surface area contributed by atoms with Crippen molar-refractivity contribution in [2.24, 2.45) is 0 Å². The van der Waals surface area contributed by atoms with E-state index in [4.69, 9.17) is 0 Å². The fraction of sp³-hybridized carbons (Fsp3) is 0.308.